The third-order valence-corrected chi connectivity index (χ3v) is 4.22. The summed E-state index contributed by atoms with van der Waals surface area (Å²) < 4.78 is 35.7. The number of aliphatic hydroxyl groups is 2. The summed E-state index contributed by atoms with van der Waals surface area (Å²) in [6.45, 7) is 1.22. The van der Waals surface area contributed by atoms with Crippen LogP contribution in [0.3, 0.4) is 0 Å². The Bertz CT molecular complexity index is 361. The number of aliphatic hydroxyl groups excluding tert-OH is 2. The van der Waals surface area contributed by atoms with Crippen molar-refractivity contribution < 1.29 is 84.1 Å². The van der Waals surface area contributed by atoms with Gasteiger partial charge in [-0.2, -0.15) is 11.8 Å². The van der Waals surface area contributed by atoms with E-state index in [1.165, 1.54) is 11.8 Å². The summed E-state index contributed by atoms with van der Waals surface area (Å²) in [7, 11) is -4.27. The fourth-order valence-electron chi connectivity index (χ4n) is 1.05. The topological polar surface area (TPSA) is 124 Å². The second kappa shape index (κ2) is 12.8. The molecule has 0 fully saturated rings. The van der Waals surface area contributed by atoms with Crippen molar-refractivity contribution in [3.8, 4) is 0 Å². The number of hydrogen-bond acceptors (Lipinski definition) is 8. The van der Waals surface area contributed by atoms with E-state index in [1.54, 1.807) is 6.92 Å². The van der Waals surface area contributed by atoms with Gasteiger partial charge in [-0.1, -0.05) is 6.92 Å². The summed E-state index contributed by atoms with van der Waals surface area (Å²) in [4.78, 5) is 11.4. The van der Waals surface area contributed by atoms with Crippen LogP contribution in [0.5, 0.6) is 0 Å². The minimum atomic E-state index is -4.27. The predicted molar refractivity (Wildman–Crippen MR) is 69.7 cm³/mol. The minimum absolute atomic E-state index is 0. The molecule has 0 aromatic heterocycles. The molecule has 0 amide bonds. The zero-order valence-electron chi connectivity index (χ0n) is 11.6. The van der Waals surface area contributed by atoms with Crippen LogP contribution in [0.15, 0.2) is 0 Å². The Morgan fingerprint density at radius 1 is 1.40 bits per heavy atom. The molecule has 0 spiro atoms. The second-order valence-electron chi connectivity index (χ2n) is 4.06. The van der Waals surface area contributed by atoms with E-state index in [-0.39, 0.29) is 71.0 Å². The molecule has 0 saturated heterocycles. The molecule has 0 aromatic carbocycles. The maximum absolute atomic E-state index is 11.4. The standard InChI is InChI=1S/C10H20O7S2.K/c1-8(6-18-7-9(12)5-11)10(13)17-3-2-4-19(14,15)16;/h8-9,11-12H,2-7H2,1H3,(H,14,15,16);/q;+1/p-1. The predicted octanol–water partition coefficient (Wildman–Crippen LogP) is -3.81. The van der Waals surface area contributed by atoms with Gasteiger partial charge in [-0.25, -0.2) is 8.42 Å². The van der Waals surface area contributed by atoms with Gasteiger partial charge in [0.1, 0.15) is 0 Å². The largest absolute Gasteiger partial charge is 1.00 e. The van der Waals surface area contributed by atoms with Gasteiger partial charge in [0.05, 0.1) is 35.4 Å². The minimum Gasteiger partial charge on any atom is -0.748 e. The van der Waals surface area contributed by atoms with Crippen molar-refractivity contribution in [3.63, 3.8) is 0 Å². The Morgan fingerprint density at radius 2 is 2.00 bits per heavy atom. The van der Waals surface area contributed by atoms with Crippen molar-refractivity contribution in [1.82, 2.24) is 0 Å². The Morgan fingerprint density at radius 3 is 2.50 bits per heavy atom. The quantitative estimate of drug-likeness (QED) is 0.177. The zero-order chi connectivity index (χ0) is 14.9. The van der Waals surface area contributed by atoms with Crippen LogP contribution in [0.4, 0.5) is 0 Å². The molecule has 2 unspecified atom stereocenters. The van der Waals surface area contributed by atoms with E-state index in [0.29, 0.717) is 11.5 Å². The average molecular weight is 354 g/mol. The van der Waals surface area contributed by atoms with Crippen LogP contribution in [-0.2, 0) is 19.6 Å². The van der Waals surface area contributed by atoms with Gasteiger partial charge >= 0.3 is 57.4 Å². The average Bonchev–Trinajstić information content (AvgIpc) is 2.32. The monoisotopic (exact) mass is 354 g/mol. The molecule has 0 aromatic rings. The Kier molecular flexibility index (Phi) is 15.1. The van der Waals surface area contributed by atoms with Gasteiger partial charge < -0.3 is 19.5 Å². The summed E-state index contributed by atoms with van der Waals surface area (Å²) >= 11 is 1.31. The molecule has 20 heavy (non-hydrogen) atoms. The van der Waals surface area contributed by atoms with Gasteiger partial charge in [-0.3, -0.25) is 4.79 Å². The van der Waals surface area contributed by atoms with Crippen molar-refractivity contribution in [1.29, 1.82) is 0 Å². The van der Waals surface area contributed by atoms with Gasteiger partial charge in [-0.05, 0) is 6.42 Å². The molecule has 0 saturated carbocycles. The maximum atomic E-state index is 11.4. The van der Waals surface area contributed by atoms with E-state index in [0.717, 1.165) is 0 Å². The second-order valence-corrected chi connectivity index (χ2v) is 6.66. The number of esters is 1. The summed E-state index contributed by atoms with van der Waals surface area (Å²) in [6.07, 6.45) is -0.823. The molecule has 0 heterocycles. The molecule has 7 nitrogen and oxygen atoms in total. The Balaban J connectivity index is 0. The summed E-state index contributed by atoms with van der Waals surface area (Å²) in [5, 5.41) is 17.7. The van der Waals surface area contributed by atoms with Crippen LogP contribution in [0.25, 0.3) is 0 Å². The van der Waals surface area contributed by atoms with Crippen molar-refractivity contribution in [2.75, 3.05) is 30.5 Å². The molecule has 114 valence electrons. The van der Waals surface area contributed by atoms with E-state index in [9.17, 15) is 17.8 Å². The summed E-state index contributed by atoms with van der Waals surface area (Å²) in [5.41, 5.74) is 0. The first-order valence-electron chi connectivity index (χ1n) is 5.73. The number of carbonyl (C=O) groups excluding carboxylic acids is 1. The molecular weight excluding hydrogens is 335 g/mol. The first kappa shape index (κ1) is 23.6. The molecule has 0 rings (SSSR count). The fraction of sp³-hybridized carbons (Fsp3) is 0.900. The van der Waals surface area contributed by atoms with E-state index in [4.69, 9.17) is 14.9 Å². The van der Waals surface area contributed by atoms with Gasteiger partial charge in [0, 0.05) is 17.3 Å². The van der Waals surface area contributed by atoms with Crippen molar-refractivity contribution in [2.24, 2.45) is 5.92 Å². The van der Waals surface area contributed by atoms with Gasteiger partial charge in [0.25, 0.3) is 0 Å². The Hall–Kier alpha value is 1.29. The van der Waals surface area contributed by atoms with Gasteiger partial charge in [0.2, 0.25) is 0 Å². The molecule has 0 aliphatic heterocycles. The maximum Gasteiger partial charge on any atom is 1.00 e. The van der Waals surface area contributed by atoms with Crippen LogP contribution in [0.2, 0.25) is 0 Å². The van der Waals surface area contributed by atoms with Gasteiger partial charge in [-0.15, -0.1) is 0 Å². The molecule has 0 bridgehead atoms. The molecule has 0 aliphatic carbocycles. The van der Waals surface area contributed by atoms with E-state index in [2.05, 4.69) is 0 Å². The van der Waals surface area contributed by atoms with Crippen LogP contribution in [0.1, 0.15) is 13.3 Å². The van der Waals surface area contributed by atoms with Crippen LogP contribution in [-0.4, -0.2) is 65.7 Å². The van der Waals surface area contributed by atoms with Crippen molar-refractivity contribution in [2.45, 2.75) is 19.4 Å². The van der Waals surface area contributed by atoms with E-state index in [1.807, 2.05) is 0 Å². The smallest absolute Gasteiger partial charge is 0.748 e. The van der Waals surface area contributed by atoms with Gasteiger partial charge in [0.15, 0.2) is 0 Å². The van der Waals surface area contributed by atoms with Crippen molar-refractivity contribution >= 4 is 27.8 Å². The van der Waals surface area contributed by atoms with Crippen LogP contribution >= 0.6 is 11.8 Å². The first-order valence-corrected chi connectivity index (χ1v) is 8.46. The normalized spacial score (nSPS) is 14.2. The van der Waals surface area contributed by atoms with E-state index >= 15 is 0 Å². The van der Waals surface area contributed by atoms with Crippen LogP contribution < -0.4 is 51.4 Å². The summed E-state index contributed by atoms with van der Waals surface area (Å²) in [6, 6.07) is 0. The molecular formula is C10H19KO7S2. The summed E-state index contributed by atoms with van der Waals surface area (Å²) in [5.74, 6) is -0.682. The SMILES string of the molecule is CC(CSCC(O)CO)C(=O)OCCCS(=O)(=O)[O-].[K+]. The molecule has 0 radical (unpaired) electrons. The number of hydrogen-bond donors (Lipinski definition) is 2. The third kappa shape index (κ3) is 14.2. The molecule has 2 atom stereocenters. The van der Waals surface area contributed by atoms with Crippen molar-refractivity contribution in [3.05, 3.63) is 0 Å². The molecule has 0 aliphatic rings. The van der Waals surface area contributed by atoms with Crippen LogP contribution in [0, 0.1) is 5.92 Å². The fourth-order valence-corrected chi connectivity index (χ4v) is 2.53. The third-order valence-electron chi connectivity index (χ3n) is 2.07. The molecule has 2 N–H and O–H groups in total. The first-order chi connectivity index (χ1) is 8.76. The Labute approximate surface area is 166 Å². The number of ether oxygens (including phenoxy) is 1. The van der Waals surface area contributed by atoms with E-state index < -0.39 is 33.9 Å². The number of carbonyl (C=O) groups is 1. The zero-order valence-corrected chi connectivity index (χ0v) is 16.4. The number of rotatable bonds is 10. The number of thioether (sulfide) groups is 1. The molecule has 10 heteroatoms.